The van der Waals surface area contributed by atoms with Gasteiger partial charge in [-0.15, -0.1) is 11.3 Å². The van der Waals surface area contributed by atoms with Gasteiger partial charge in [0, 0.05) is 10.4 Å². The zero-order valence-electron chi connectivity index (χ0n) is 14.0. The number of halogens is 2. The van der Waals surface area contributed by atoms with Crippen LogP contribution in [-0.4, -0.2) is 17.1 Å². The highest BCUT2D eigenvalue weighted by Gasteiger charge is 2.12. The second kappa shape index (κ2) is 8.29. The summed E-state index contributed by atoms with van der Waals surface area (Å²) in [5, 5.41) is 2.56. The van der Waals surface area contributed by atoms with Crippen LogP contribution in [0.25, 0.3) is 11.3 Å². The molecule has 3 rings (SSSR count). The first-order valence-electron chi connectivity index (χ1n) is 7.97. The van der Waals surface area contributed by atoms with Crippen molar-refractivity contribution in [3.8, 4) is 11.3 Å². The summed E-state index contributed by atoms with van der Waals surface area (Å²) in [6, 6.07) is 13.2. The second-order valence-corrected chi connectivity index (χ2v) is 6.66. The lowest BCUT2D eigenvalue weighted by Crippen LogP contribution is -2.22. The summed E-state index contributed by atoms with van der Waals surface area (Å²) in [5.74, 6) is -0.668. The minimum atomic E-state index is -0.346. The third-order valence-electron chi connectivity index (χ3n) is 3.58. The SMILES string of the molecule is CCOC(=O)Cn1c(-c2ccc(Cl)cc2)csc1=Nc1ccc(F)cc1. The van der Waals surface area contributed by atoms with E-state index in [1.165, 1.54) is 23.5 Å². The van der Waals surface area contributed by atoms with Gasteiger partial charge >= 0.3 is 5.97 Å². The Labute approximate surface area is 159 Å². The molecule has 2 aromatic carbocycles. The fourth-order valence-corrected chi connectivity index (χ4v) is 3.44. The standard InChI is InChI=1S/C19H16ClFN2O2S/c1-2-25-18(24)11-23-17(13-3-5-14(20)6-4-13)12-26-19(23)22-16-9-7-15(21)8-10-16/h3-10,12H,2,11H2,1H3. The van der Waals surface area contributed by atoms with Crippen LogP contribution in [0.2, 0.25) is 5.02 Å². The highest BCUT2D eigenvalue weighted by Crippen LogP contribution is 2.23. The normalized spacial score (nSPS) is 11.6. The van der Waals surface area contributed by atoms with Crippen molar-refractivity contribution in [1.82, 2.24) is 4.57 Å². The molecule has 4 nitrogen and oxygen atoms in total. The maximum atomic E-state index is 13.1. The van der Waals surface area contributed by atoms with Crippen LogP contribution in [0.1, 0.15) is 6.92 Å². The van der Waals surface area contributed by atoms with E-state index in [0.29, 0.717) is 22.1 Å². The molecule has 0 unspecified atom stereocenters. The molecule has 0 aliphatic heterocycles. The molecule has 0 saturated heterocycles. The summed E-state index contributed by atoms with van der Waals surface area (Å²) in [6.07, 6.45) is 0. The van der Waals surface area contributed by atoms with E-state index in [1.54, 1.807) is 35.8 Å². The molecular weight excluding hydrogens is 375 g/mol. The molecule has 7 heteroatoms. The number of carbonyl (C=O) groups excluding carboxylic acids is 1. The van der Waals surface area contributed by atoms with E-state index in [1.807, 2.05) is 17.5 Å². The van der Waals surface area contributed by atoms with Gasteiger partial charge in [0.05, 0.1) is 18.0 Å². The predicted molar refractivity (Wildman–Crippen MR) is 101 cm³/mol. The predicted octanol–water partition coefficient (Wildman–Crippen LogP) is 4.80. The molecule has 1 heterocycles. The van der Waals surface area contributed by atoms with Gasteiger partial charge in [0.15, 0.2) is 4.80 Å². The van der Waals surface area contributed by atoms with Gasteiger partial charge in [0.2, 0.25) is 0 Å². The first-order chi connectivity index (χ1) is 12.6. The molecule has 0 N–H and O–H groups in total. The Kier molecular flexibility index (Phi) is 5.85. The summed E-state index contributed by atoms with van der Waals surface area (Å²) in [5.41, 5.74) is 2.35. The molecule has 0 amide bonds. The van der Waals surface area contributed by atoms with Crippen LogP contribution >= 0.6 is 22.9 Å². The lowest BCUT2D eigenvalue weighted by molar-refractivity contribution is -0.143. The third kappa shape index (κ3) is 4.39. The van der Waals surface area contributed by atoms with Crippen LogP contribution in [-0.2, 0) is 16.1 Å². The van der Waals surface area contributed by atoms with Crippen molar-refractivity contribution >= 4 is 34.6 Å². The minimum Gasteiger partial charge on any atom is -0.465 e. The number of hydrogen-bond donors (Lipinski definition) is 0. The molecule has 0 atom stereocenters. The van der Waals surface area contributed by atoms with Gasteiger partial charge in [0.1, 0.15) is 12.4 Å². The summed E-state index contributed by atoms with van der Waals surface area (Å²) < 4.78 is 20.0. The molecule has 0 radical (unpaired) electrons. The summed E-state index contributed by atoms with van der Waals surface area (Å²) >= 11 is 7.36. The van der Waals surface area contributed by atoms with E-state index in [-0.39, 0.29) is 18.3 Å². The van der Waals surface area contributed by atoms with E-state index < -0.39 is 0 Å². The lowest BCUT2D eigenvalue weighted by Gasteiger charge is -2.09. The van der Waals surface area contributed by atoms with Crippen molar-refractivity contribution in [3.05, 3.63) is 69.6 Å². The number of esters is 1. The number of carbonyl (C=O) groups is 1. The molecule has 134 valence electrons. The molecule has 0 saturated carbocycles. The minimum absolute atomic E-state index is 0.0370. The average Bonchev–Trinajstić information content (AvgIpc) is 3.00. The first-order valence-corrected chi connectivity index (χ1v) is 9.23. The van der Waals surface area contributed by atoms with Crippen LogP contribution in [0.5, 0.6) is 0 Å². The molecule has 0 fully saturated rings. The average molecular weight is 391 g/mol. The van der Waals surface area contributed by atoms with E-state index in [2.05, 4.69) is 4.99 Å². The first kappa shape index (κ1) is 18.4. The van der Waals surface area contributed by atoms with Gasteiger partial charge in [-0.2, -0.15) is 0 Å². The van der Waals surface area contributed by atoms with Crippen molar-refractivity contribution in [2.24, 2.45) is 4.99 Å². The van der Waals surface area contributed by atoms with E-state index >= 15 is 0 Å². The Hall–Kier alpha value is -2.44. The Morgan fingerprint density at radius 1 is 1.19 bits per heavy atom. The number of benzene rings is 2. The Bertz CT molecular complexity index is 962. The molecule has 0 spiro atoms. The van der Waals surface area contributed by atoms with Crippen molar-refractivity contribution < 1.29 is 13.9 Å². The Morgan fingerprint density at radius 2 is 1.88 bits per heavy atom. The maximum absolute atomic E-state index is 13.1. The highest BCUT2D eigenvalue weighted by atomic mass is 35.5. The van der Waals surface area contributed by atoms with Crippen LogP contribution in [0.15, 0.2) is 58.9 Å². The molecule has 3 aromatic rings. The van der Waals surface area contributed by atoms with Crippen LogP contribution in [0.3, 0.4) is 0 Å². The number of thiazole rings is 1. The molecule has 26 heavy (non-hydrogen) atoms. The van der Waals surface area contributed by atoms with Gasteiger partial charge in [-0.25, -0.2) is 9.38 Å². The lowest BCUT2D eigenvalue weighted by atomic mass is 10.2. The number of aromatic nitrogens is 1. The Balaban J connectivity index is 2.07. The van der Waals surface area contributed by atoms with Crippen molar-refractivity contribution in [2.45, 2.75) is 13.5 Å². The van der Waals surface area contributed by atoms with Crippen molar-refractivity contribution in [2.75, 3.05) is 6.61 Å². The third-order valence-corrected chi connectivity index (χ3v) is 4.70. The Morgan fingerprint density at radius 3 is 2.54 bits per heavy atom. The monoisotopic (exact) mass is 390 g/mol. The number of hydrogen-bond acceptors (Lipinski definition) is 4. The van der Waals surface area contributed by atoms with Crippen molar-refractivity contribution in [1.29, 1.82) is 0 Å². The largest absolute Gasteiger partial charge is 0.465 e. The zero-order valence-corrected chi connectivity index (χ0v) is 15.6. The van der Waals surface area contributed by atoms with Gasteiger partial charge < -0.3 is 9.30 Å². The highest BCUT2D eigenvalue weighted by molar-refractivity contribution is 7.07. The molecule has 0 aliphatic rings. The van der Waals surface area contributed by atoms with Gasteiger partial charge in [-0.1, -0.05) is 23.7 Å². The van der Waals surface area contributed by atoms with Gasteiger partial charge in [0.25, 0.3) is 0 Å². The van der Waals surface area contributed by atoms with Crippen LogP contribution < -0.4 is 4.80 Å². The smallest absolute Gasteiger partial charge is 0.326 e. The quantitative estimate of drug-likeness (QED) is 0.587. The summed E-state index contributed by atoms with van der Waals surface area (Å²) in [7, 11) is 0. The van der Waals surface area contributed by atoms with E-state index in [9.17, 15) is 9.18 Å². The molecule has 1 aromatic heterocycles. The summed E-state index contributed by atoms with van der Waals surface area (Å²) in [4.78, 5) is 17.2. The molecule has 0 aliphatic carbocycles. The molecular formula is C19H16ClFN2O2S. The maximum Gasteiger partial charge on any atom is 0.326 e. The van der Waals surface area contributed by atoms with Gasteiger partial charge in [-0.05, 0) is 48.9 Å². The number of rotatable bonds is 5. The topological polar surface area (TPSA) is 43.6 Å². The second-order valence-electron chi connectivity index (χ2n) is 5.39. The van der Waals surface area contributed by atoms with E-state index in [4.69, 9.17) is 16.3 Å². The van der Waals surface area contributed by atoms with E-state index in [0.717, 1.165) is 11.3 Å². The van der Waals surface area contributed by atoms with Crippen molar-refractivity contribution in [3.63, 3.8) is 0 Å². The summed E-state index contributed by atoms with van der Waals surface area (Å²) in [6.45, 7) is 2.11. The van der Waals surface area contributed by atoms with Crippen LogP contribution in [0, 0.1) is 5.82 Å². The fourth-order valence-electron chi connectivity index (χ4n) is 2.38. The molecule has 0 bridgehead atoms. The fraction of sp³-hybridized carbons (Fsp3) is 0.158. The number of ether oxygens (including phenoxy) is 1. The zero-order chi connectivity index (χ0) is 18.5. The number of nitrogens with zero attached hydrogens (tertiary/aromatic N) is 2. The van der Waals surface area contributed by atoms with Gasteiger partial charge in [-0.3, -0.25) is 4.79 Å². The van der Waals surface area contributed by atoms with Crippen LogP contribution in [0.4, 0.5) is 10.1 Å².